The van der Waals surface area contributed by atoms with Gasteiger partial charge in [-0.25, -0.2) is 4.98 Å². The first kappa shape index (κ1) is 17.1. The Hall–Kier alpha value is -0.970. The molecular weight excluding hydrogens is 292 g/mol. The molecule has 0 radical (unpaired) electrons. The third-order valence-electron chi connectivity index (χ3n) is 2.99. The smallest absolute Gasteiger partial charge is 0.0946 e. The zero-order valence-corrected chi connectivity index (χ0v) is 13.4. The zero-order valence-electron chi connectivity index (χ0n) is 11.8. The summed E-state index contributed by atoms with van der Waals surface area (Å²) in [5.41, 5.74) is -0.159. The first-order valence-electron chi connectivity index (χ1n) is 6.41. The Labute approximate surface area is 131 Å². The standard InChI is InChI=1S/C9H16N2OS.C6H5Cl/c1-9(2,6-13)8(12)5-11-4-3-10-7-11;7-6-4-2-1-3-5-6/h3-4,7-8,12-13H,5-6H2,1-2H3;1-5H. The number of thiol groups is 1. The Kier molecular flexibility index (Phi) is 7.13. The normalized spacial score (nSPS) is 12.4. The monoisotopic (exact) mass is 312 g/mol. The van der Waals surface area contributed by atoms with E-state index in [4.69, 9.17) is 11.6 Å². The van der Waals surface area contributed by atoms with Gasteiger partial charge in [0.05, 0.1) is 19.0 Å². The molecule has 2 rings (SSSR count). The first-order chi connectivity index (χ1) is 9.45. The SMILES string of the molecule is CC(C)(CS)C(O)Cn1ccnc1.Clc1ccccc1. The quantitative estimate of drug-likeness (QED) is 0.847. The van der Waals surface area contributed by atoms with Gasteiger partial charge in [0.25, 0.3) is 0 Å². The predicted octanol–water partition coefficient (Wildman–Crippen LogP) is 3.54. The maximum absolute atomic E-state index is 9.85. The fourth-order valence-electron chi connectivity index (χ4n) is 1.36. The molecule has 1 aromatic carbocycles. The maximum atomic E-state index is 9.85. The molecule has 0 spiro atoms. The van der Waals surface area contributed by atoms with Crippen LogP contribution in [0.15, 0.2) is 49.1 Å². The summed E-state index contributed by atoms with van der Waals surface area (Å²) >= 11 is 9.75. The van der Waals surface area contributed by atoms with E-state index in [0.29, 0.717) is 12.3 Å². The minimum absolute atomic E-state index is 0.159. The molecule has 0 fully saturated rings. The van der Waals surface area contributed by atoms with E-state index in [2.05, 4.69) is 17.6 Å². The summed E-state index contributed by atoms with van der Waals surface area (Å²) < 4.78 is 1.87. The molecule has 110 valence electrons. The van der Waals surface area contributed by atoms with Gasteiger partial charge in [-0.1, -0.05) is 43.6 Å². The van der Waals surface area contributed by atoms with E-state index in [0.717, 1.165) is 5.02 Å². The second-order valence-electron chi connectivity index (χ2n) is 5.22. The largest absolute Gasteiger partial charge is 0.391 e. The molecule has 5 heteroatoms. The minimum Gasteiger partial charge on any atom is -0.391 e. The summed E-state index contributed by atoms with van der Waals surface area (Å²) in [6, 6.07) is 9.44. The van der Waals surface area contributed by atoms with Gasteiger partial charge in [0.15, 0.2) is 0 Å². The summed E-state index contributed by atoms with van der Waals surface area (Å²) in [6.07, 6.45) is 4.87. The number of benzene rings is 1. The summed E-state index contributed by atoms with van der Waals surface area (Å²) in [4.78, 5) is 3.92. The molecule has 1 atom stereocenters. The van der Waals surface area contributed by atoms with Gasteiger partial charge in [0, 0.05) is 22.8 Å². The second-order valence-corrected chi connectivity index (χ2v) is 5.97. The van der Waals surface area contributed by atoms with Gasteiger partial charge in [-0.3, -0.25) is 0 Å². The molecule has 0 bridgehead atoms. The molecule has 0 saturated carbocycles. The number of rotatable bonds is 4. The average Bonchev–Trinajstić information content (AvgIpc) is 2.93. The maximum Gasteiger partial charge on any atom is 0.0946 e. The molecule has 1 N–H and O–H groups in total. The summed E-state index contributed by atoms with van der Waals surface area (Å²) in [6.45, 7) is 4.58. The van der Waals surface area contributed by atoms with Gasteiger partial charge in [-0.2, -0.15) is 12.6 Å². The van der Waals surface area contributed by atoms with Crippen molar-refractivity contribution in [3.8, 4) is 0 Å². The Morgan fingerprint density at radius 3 is 2.40 bits per heavy atom. The molecule has 0 aliphatic carbocycles. The van der Waals surface area contributed by atoms with Crippen molar-refractivity contribution in [1.82, 2.24) is 9.55 Å². The molecule has 1 aromatic heterocycles. The summed E-state index contributed by atoms with van der Waals surface area (Å²) in [5.74, 6) is 0.670. The highest BCUT2D eigenvalue weighted by molar-refractivity contribution is 7.80. The molecule has 20 heavy (non-hydrogen) atoms. The van der Waals surface area contributed by atoms with Crippen LogP contribution in [0.4, 0.5) is 0 Å². The topological polar surface area (TPSA) is 38.0 Å². The number of nitrogens with zero attached hydrogens (tertiary/aromatic N) is 2. The van der Waals surface area contributed by atoms with Gasteiger partial charge in [0.2, 0.25) is 0 Å². The lowest BCUT2D eigenvalue weighted by atomic mass is 9.89. The predicted molar refractivity (Wildman–Crippen MR) is 87.3 cm³/mol. The van der Waals surface area contributed by atoms with Crippen LogP contribution in [0.5, 0.6) is 0 Å². The van der Waals surface area contributed by atoms with Crippen molar-refractivity contribution in [2.45, 2.75) is 26.5 Å². The third-order valence-corrected chi connectivity index (χ3v) is 4.05. The van der Waals surface area contributed by atoms with Gasteiger partial charge in [-0.05, 0) is 17.9 Å². The lowest BCUT2D eigenvalue weighted by molar-refractivity contribution is 0.0513. The van der Waals surface area contributed by atoms with Gasteiger partial charge in [-0.15, -0.1) is 0 Å². The lowest BCUT2D eigenvalue weighted by Crippen LogP contribution is -2.34. The number of hydrogen-bond donors (Lipinski definition) is 2. The van der Waals surface area contributed by atoms with Crippen LogP contribution < -0.4 is 0 Å². The highest BCUT2D eigenvalue weighted by atomic mass is 35.5. The van der Waals surface area contributed by atoms with Crippen molar-refractivity contribution in [2.75, 3.05) is 5.75 Å². The summed E-state index contributed by atoms with van der Waals surface area (Å²) in [5, 5.41) is 10.6. The third kappa shape index (κ3) is 5.99. The Morgan fingerprint density at radius 1 is 1.35 bits per heavy atom. The molecule has 1 heterocycles. The molecule has 0 aliphatic heterocycles. The van der Waals surface area contributed by atoms with Crippen LogP contribution in [0.3, 0.4) is 0 Å². The number of aliphatic hydroxyl groups excluding tert-OH is 1. The van der Waals surface area contributed by atoms with Crippen molar-refractivity contribution in [1.29, 1.82) is 0 Å². The van der Waals surface area contributed by atoms with Gasteiger partial charge in [0.1, 0.15) is 0 Å². The van der Waals surface area contributed by atoms with Crippen LogP contribution in [0.25, 0.3) is 0 Å². The van der Waals surface area contributed by atoms with E-state index >= 15 is 0 Å². The van der Waals surface area contributed by atoms with Crippen LogP contribution in [0, 0.1) is 5.41 Å². The minimum atomic E-state index is -0.390. The highest BCUT2D eigenvalue weighted by Gasteiger charge is 2.26. The molecule has 2 aromatic rings. The molecule has 0 amide bonds. The van der Waals surface area contributed by atoms with Crippen LogP contribution >= 0.6 is 24.2 Å². The number of aliphatic hydroxyl groups is 1. The molecule has 0 saturated heterocycles. The zero-order chi connectivity index (χ0) is 15.0. The van der Waals surface area contributed by atoms with Crippen LogP contribution in [-0.2, 0) is 6.54 Å². The van der Waals surface area contributed by atoms with Crippen molar-refractivity contribution in [3.63, 3.8) is 0 Å². The average molecular weight is 313 g/mol. The highest BCUT2D eigenvalue weighted by Crippen LogP contribution is 2.23. The fourth-order valence-corrected chi connectivity index (χ4v) is 1.72. The summed E-state index contributed by atoms with van der Waals surface area (Å²) in [7, 11) is 0. The molecular formula is C15H21ClN2OS. The van der Waals surface area contributed by atoms with Crippen molar-refractivity contribution in [2.24, 2.45) is 5.41 Å². The Balaban J connectivity index is 0.000000240. The second kappa shape index (κ2) is 8.35. The van der Waals surface area contributed by atoms with Crippen LogP contribution in [0.2, 0.25) is 5.02 Å². The number of aromatic nitrogens is 2. The Morgan fingerprint density at radius 2 is 2.00 bits per heavy atom. The lowest BCUT2D eigenvalue weighted by Gasteiger charge is -2.28. The first-order valence-corrected chi connectivity index (χ1v) is 7.42. The van der Waals surface area contributed by atoms with E-state index in [9.17, 15) is 5.11 Å². The van der Waals surface area contributed by atoms with E-state index in [1.807, 2.05) is 54.9 Å². The van der Waals surface area contributed by atoms with Gasteiger partial charge < -0.3 is 9.67 Å². The molecule has 3 nitrogen and oxygen atoms in total. The van der Waals surface area contributed by atoms with Crippen molar-refractivity contribution < 1.29 is 5.11 Å². The number of imidazole rings is 1. The molecule has 0 aliphatic rings. The van der Waals surface area contributed by atoms with E-state index < -0.39 is 0 Å². The van der Waals surface area contributed by atoms with E-state index in [1.54, 1.807) is 12.5 Å². The number of hydrogen-bond acceptors (Lipinski definition) is 3. The Bertz CT molecular complexity index is 474. The number of halogens is 1. The van der Waals surface area contributed by atoms with Crippen LogP contribution in [0.1, 0.15) is 13.8 Å². The van der Waals surface area contributed by atoms with E-state index in [1.165, 1.54) is 0 Å². The van der Waals surface area contributed by atoms with Crippen molar-refractivity contribution in [3.05, 3.63) is 54.1 Å². The van der Waals surface area contributed by atoms with Gasteiger partial charge >= 0.3 is 0 Å². The molecule has 1 unspecified atom stereocenters. The van der Waals surface area contributed by atoms with E-state index in [-0.39, 0.29) is 11.5 Å². The fraction of sp³-hybridized carbons (Fsp3) is 0.400. The van der Waals surface area contributed by atoms with Crippen molar-refractivity contribution >= 4 is 24.2 Å². The van der Waals surface area contributed by atoms with Crippen LogP contribution in [-0.4, -0.2) is 26.5 Å².